The van der Waals surface area contributed by atoms with Crippen molar-refractivity contribution in [1.29, 1.82) is 0 Å². The van der Waals surface area contributed by atoms with Gasteiger partial charge in [0, 0.05) is 35.7 Å². The Morgan fingerprint density at radius 1 is 0.970 bits per heavy atom. The molecule has 66 heavy (non-hydrogen) atoms. The molecule has 0 spiro atoms. The number of para-hydroxylation sites is 1. The molecular weight excluding hydrogens is 879 g/mol. The van der Waals surface area contributed by atoms with Crippen molar-refractivity contribution >= 4 is 56.2 Å². The van der Waals surface area contributed by atoms with Crippen LogP contribution in [-0.4, -0.2) is 92.8 Å². The Bertz CT molecular complexity index is 2670. The van der Waals surface area contributed by atoms with E-state index in [0.717, 1.165) is 47.5 Å². The molecule has 350 valence electrons. The number of alkyl carbamates (subject to hydrolysis) is 1. The van der Waals surface area contributed by atoms with Crippen LogP contribution in [0.1, 0.15) is 115 Å². The Morgan fingerprint density at radius 2 is 1.76 bits per heavy atom. The number of amides is 4. The van der Waals surface area contributed by atoms with Gasteiger partial charge in [0.2, 0.25) is 21.8 Å². The van der Waals surface area contributed by atoms with Crippen LogP contribution in [0.25, 0.3) is 21.6 Å². The Kier molecular flexibility index (Phi) is 11.8. The molecule has 0 radical (unpaired) electrons. The van der Waals surface area contributed by atoms with Gasteiger partial charge in [-0.25, -0.2) is 18.2 Å². The molecule has 1 unspecified atom stereocenters. The fourth-order valence-electron chi connectivity index (χ4n) is 10.3. The van der Waals surface area contributed by atoms with E-state index in [-0.39, 0.29) is 31.5 Å². The Labute approximate surface area is 389 Å². The number of nitrogens with zero attached hydrogens (tertiary/aromatic N) is 4. The summed E-state index contributed by atoms with van der Waals surface area (Å²) in [6, 6.07) is 14.3. The van der Waals surface area contributed by atoms with Crippen molar-refractivity contribution in [3.8, 4) is 16.6 Å². The number of rotatable bonds is 11. The van der Waals surface area contributed by atoms with E-state index in [9.17, 15) is 27.6 Å². The number of aromatic nitrogens is 3. The van der Waals surface area contributed by atoms with Crippen LogP contribution in [0.4, 0.5) is 4.79 Å². The molecule has 5 fully saturated rings. The van der Waals surface area contributed by atoms with Gasteiger partial charge in [0.1, 0.15) is 40.4 Å². The third kappa shape index (κ3) is 8.84. The molecule has 6 aliphatic rings. The molecule has 10 rings (SSSR count). The molecule has 15 nitrogen and oxygen atoms in total. The zero-order valence-corrected chi connectivity index (χ0v) is 39.4. The first kappa shape index (κ1) is 44.5. The van der Waals surface area contributed by atoms with E-state index in [1.807, 2.05) is 67.0 Å². The number of thiazole rings is 1. The predicted octanol–water partition coefficient (Wildman–Crippen LogP) is 6.97. The summed E-state index contributed by atoms with van der Waals surface area (Å²) in [5.41, 5.74) is 3.01. The van der Waals surface area contributed by atoms with Crippen molar-refractivity contribution in [2.75, 3.05) is 6.54 Å². The summed E-state index contributed by atoms with van der Waals surface area (Å²) in [5, 5.41) is 8.74. The van der Waals surface area contributed by atoms with Crippen molar-refractivity contribution in [3.05, 3.63) is 77.3 Å². The van der Waals surface area contributed by atoms with E-state index >= 15 is 0 Å². The van der Waals surface area contributed by atoms with Gasteiger partial charge < -0.3 is 25.0 Å². The lowest BCUT2D eigenvalue weighted by Gasteiger charge is -2.30. The predicted molar refractivity (Wildman–Crippen MR) is 249 cm³/mol. The van der Waals surface area contributed by atoms with E-state index in [1.165, 1.54) is 16.9 Å². The van der Waals surface area contributed by atoms with Crippen LogP contribution in [0.2, 0.25) is 0 Å². The molecule has 4 saturated carbocycles. The largest absolute Gasteiger partial charge is 0.459 e. The molecule has 2 aliphatic heterocycles. The van der Waals surface area contributed by atoms with Gasteiger partial charge in [-0.1, -0.05) is 61.4 Å². The molecule has 17 heteroatoms. The molecule has 4 amide bonds. The first-order valence-electron chi connectivity index (χ1n) is 23.7. The molecule has 2 aromatic carbocycles. The van der Waals surface area contributed by atoms with Crippen LogP contribution in [0.5, 0.6) is 6.01 Å². The second-order valence-electron chi connectivity index (χ2n) is 20.0. The SMILES string of the molecule is CC(C)n1c(O[C@@H]2C[C@H]3C(=O)N[C@]4(C(=O)NS(=O)(=O)C5(C)CC5)C[C@H]4/C=C\CCCCC[C@H](NC(=O)OC4C[C@@H]5C[C@@H]5C4)C(=O)N3C2)nc2c(-c3nc(Cc4ccccc4)cs3)cccc21. The van der Waals surface area contributed by atoms with E-state index in [1.54, 1.807) is 18.3 Å². The summed E-state index contributed by atoms with van der Waals surface area (Å²) in [7, 11) is -4.01. The number of ether oxygens (including phenoxy) is 2. The summed E-state index contributed by atoms with van der Waals surface area (Å²) < 4.78 is 42.6. The molecule has 4 aliphatic carbocycles. The fourth-order valence-corrected chi connectivity index (χ4v) is 12.5. The molecule has 4 aromatic rings. The standard InChI is InChI=1S/C49H59N7O8S2/c1-29(2)56-39-18-12-16-37(43-50-34(28-65-43)21-30-13-8-7-9-14-30)41(39)52-46(56)63-36-25-40-42(57)53-49(45(59)54-66(61,62)48(3)19-20-48)26-33(49)15-10-5-4-6-11-17-38(44(58)55(40)27-36)51-47(60)64-35-23-31-22-32(31)24-35/h7-10,12-16,18,28-29,31-33,35-36,38,40H,4-6,11,17,19-27H2,1-3H3,(H,51,60)(H,53,57)(H,54,59)/b15-10-/t31-,32+,33-,35?,36-,38+,40+,49-/m1/s1. The number of sulfonamides is 1. The van der Waals surface area contributed by atoms with Gasteiger partial charge in [0.15, 0.2) is 0 Å². The normalized spacial score (nSPS) is 29.7. The number of fused-ring (bicyclic) bond motifs is 4. The van der Waals surface area contributed by atoms with Crippen LogP contribution in [0.15, 0.2) is 66.1 Å². The average molecular weight is 938 g/mol. The van der Waals surface area contributed by atoms with Gasteiger partial charge in [0.05, 0.1) is 22.5 Å². The number of allylic oxidation sites excluding steroid dienone is 1. The Morgan fingerprint density at radius 3 is 2.52 bits per heavy atom. The van der Waals surface area contributed by atoms with E-state index < -0.39 is 68.2 Å². The van der Waals surface area contributed by atoms with E-state index in [4.69, 9.17) is 19.4 Å². The van der Waals surface area contributed by atoms with E-state index in [2.05, 4.69) is 32.9 Å². The molecule has 3 N–H and O–H groups in total. The molecule has 1 saturated heterocycles. The topological polar surface area (TPSA) is 191 Å². The monoisotopic (exact) mass is 937 g/mol. The average Bonchev–Trinajstić information content (AvgIpc) is 4.15. The summed E-state index contributed by atoms with van der Waals surface area (Å²) in [5.74, 6) is -1.08. The fraction of sp³-hybridized carbons (Fsp3) is 0.551. The van der Waals surface area contributed by atoms with Gasteiger partial charge in [0.25, 0.3) is 11.9 Å². The maximum absolute atomic E-state index is 14.9. The maximum Gasteiger partial charge on any atom is 0.408 e. The molecule has 0 bridgehead atoms. The van der Waals surface area contributed by atoms with Gasteiger partial charge in [-0.15, -0.1) is 11.3 Å². The van der Waals surface area contributed by atoms with Crippen molar-refractivity contribution in [1.82, 2.24) is 34.8 Å². The van der Waals surface area contributed by atoms with Crippen molar-refractivity contribution in [2.24, 2.45) is 17.8 Å². The van der Waals surface area contributed by atoms with Crippen LogP contribution >= 0.6 is 11.3 Å². The first-order chi connectivity index (χ1) is 31.7. The molecule has 8 atom stereocenters. The highest BCUT2D eigenvalue weighted by Gasteiger charge is 2.63. The van der Waals surface area contributed by atoms with Crippen molar-refractivity contribution in [3.63, 3.8) is 0 Å². The number of imidazole rings is 1. The summed E-state index contributed by atoms with van der Waals surface area (Å²) in [6.07, 6.45) is 10.3. The number of benzene rings is 2. The van der Waals surface area contributed by atoms with E-state index in [0.29, 0.717) is 61.9 Å². The smallest absolute Gasteiger partial charge is 0.408 e. The van der Waals surface area contributed by atoms with Gasteiger partial charge >= 0.3 is 6.09 Å². The molecule has 2 aromatic heterocycles. The Balaban J connectivity index is 0.946. The highest BCUT2D eigenvalue weighted by atomic mass is 32.2. The third-order valence-corrected chi connectivity index (χ3v) is 17.8. The Hall–Kier alpha value is -5.29. The van der Waals surface area contributed by atoms with Gasteiger partial charge in [-0.3, -0.25) is 23.7 Å². The quantitative estimate of drug-likeness (QED) is 0.133. The van der Waals surface area contributed by atoms with Crippen LogP contribution in [0, 0.1) is 17.8 Å². The highest BCUT2D eigenvalue weighted by molar-refractivity contribution is 7.91. The maximum atomic E-state index is 14.9. The summed E-state index contributed by atoms with van der Waals surface area (Å²) >= 11 is 1.55. The first-order valence-corrected chi connectivity index (χ1v) is 26.1. The lowest BCUT2D eigenvalue weighted by atomic mass is 10.0. The third-order valence-electron chi connectivity index (χ3n) is 14.7. The number of carbonyl (C=O) groups is 4. The molecule has 4 heterocycles. The van der Waals surface area contributed by atoms with Crippen molar-refractivity contribution < 1.29 is 37.1 Å². The number of hydrogen-bond donors (Lipinski definition) is 3. The second kappa shape index (κ2) is 17.4. The number of carbonyl (C=O) groups excluding carboxylic acids is 4. The summed E-state index contributed by atoms with van der Waals surface area (Å²) in [6.45, 7) is 5.68. The minimum atomic E-state index is -4.01. The van der Waals surface area contributed by atoms with Crippen molar-refractivity contribution in [2.45, 2.75) is 145 Å². The lowest BCUT2D eigenvalue weighted by Crippen LogP contribution is -2.58. The van der Waals surface area contributed by atoms with Crippen LogP contribution in [0.3, 0.4) is 0 Å². The van der Waals surface area contributed by atoms with Gasteiger partial charge in [-0.05, 0) is 108 Å². The second-order valence-corrected chi connectivity index (χ2v) is 23.0. The minimum Gasteiger partial charge on any atom is -0.459 e. The number of nitrogens with one attached hydrogen (secondary N) is 3. The lowest BCUT2D eigenvalue weighted by molar-refractivity contribution is -0.141. The number of hydrogen-bond acceptors (Lipinski definition) is 11. The molecular formula is C49H59N7O8S2. The zero-order valence-electron chi connectivity index (χ0n) is 37.7. The highest BCUT2D eigenvalue weighted by Crippen LogP contribution is 2.52. The van der Waals surface area contributed by atoms with Gasteiger partial charge in [-0.2, -0.15) is 4.98 Å². The van der Waals surface area contributed by atoms with Crippen LogP contribution in [-0.2, 0) is 35.6 Å². The summed E-state index contributed by atoms with van der Waals surface area (Å²) in [4.78, 5) is 68.7. The zero-order chi connectivity index (χ0) is 46.0. The minimum absolute atomic E-state index is 0.00508. The van der Waals surface area contributed by atoms with Crippen LogP contribution < -0.4 is 20.1 Å².